The molecule has 1 N–H and O–H groups in total. The Bertz CT molecular complexity index is 1250. The van der Waals surface area contributed by atoms with Crippen molar-refractivity contribution < 1.29 is 13.2 Å². The molecule has 9 heteroatoms. The number of sulfone groups is 1. The largest absolute Gasteiger partial charge is 0.342 e. The van der Waals surface area contributed by atoms with E-state index in [1.807, 2.05) is 6.07 Å². The Morgan fingerprint density at radius 1 is 1.23 bits per heavy atom. The Morgan fingerprint density at radius 2 is 2.00 bits per heavy atom. The van der Waals surface area contributed by atoms with Crippen molar-refractivity contribution >= 4 is 15.7 Å². The maximum Gasteiger partial charge on any atom is 0.251 e. The van der Waals surface area contributed by atoms with Crippen molar-refractivity contribution in [3.05, 3.63) is 76.6 Å². The smallest absolute Gasteiger partial charge is 0.251 e. The summed E-state index contributed by atoms with van der Waals surface area (Å²) in [6.07, 6.45) is 5.37. The molecule has 8 nitrogen and oxygen atoms in total. The third-order valence-electron chi connectivity index (χ3n) is 5.35. The molecule has 3 heterocycles. The van der Waals surface area contributed by atoms with Gasteiger partial charge in [-0.15, -0.1) is 0 Å². The van der Waals surface area contributed by atoms with E-state index in [4.69, 9.17) is 0 Å². The molecule has 0 bridgehead atoms. The van der Waals surface area contributed by atoms with Gasteiger partial charge in [-0.1, -0.05) is 12.1 Å². The van der Waals surface area contributed by atoms with Crippen LogP contribution in [0.2, 0.25) is 0 Å². The highest BCUT2D eigenvalue weighted by atomic mass is 32.2. The summed E-state index contributed by atoms with van der Waals surface area (Å²) in [4.78, 5) is 38.4. The van der Waals surface area contributed by atoms with E-state index >= 15 is 0 Å². The maximum absolute atomic E-state index is 12.7. The Morgan fingerprint density at radius 3 is 2.68 bits per heavy atom. The van der Waals surface area contributed by atoms with E-state index in [0.29, 0.717) is 31.0 Å². The fourth-order valence-corrected chi connectivity index (χ4v) is 4.31. The number of H-pyrrole nitrogens is 1. The lowest BCUT2D eigenvalue weighted by molar-refractivity contribution is -0.129. The van der Waals surface area contributed by atoms with Crippen molar-refractivity contribution in [3.63, 3.8) is 0 Å². The summed E-state index contributed by atoms with van der Waals surface area (Å²) in [6.45, 7) is 1.05. The van der Waals surface area contributed by atoms with Gasteiger partial charge in [0.15, 0.2) is 9.84 Å². The van der Waals surface area contributed by atoms with Crippen LogP contribution >= 0.6 is 0 Å². The molecular formula is C22H22N4O4S. The van der Waals surface area contributed by atoms with Crippen LogP contribution in [0.4, 0.5) is 0 Å². The number of amides is 1. The Hall–Kier alpha value is -3.33. The Labute approximate surface area is 179 Å². The van der Waals surface area contributed by atoms with E-state index in [0.717, 1.165) is 17.4 Å². The summed E-state index contributed by atoms with van der Waals surface area (Å²) in [5.41, 5.74) is 1.84. The second-order valence-electron chi connectivity index (χ2n) is 7.68. The van der Waals surface area contributed by atoms with Crippen molar-refractivity contribution in [3.8, 4) is 11.3 Å². The molecule has 2 aromatic heterocycles. The van der Waals surface area contributed by atoms with Gasteiger partial charge in [0.25, 0.3) is 5.56 Å². The first kappa shape index (κ1) is 20.9. The number of carbonyl (C=O) groups excluding carboxylic acids is 1. The predicted octanol–water partition coefficient (Wildman–Crippen LogP) is 1.79. The lowest BCUT2D eigenvalue weighted by Gasteiger charge is -2.17. The summed E-state index contributed by atoms with van der Waals surface area (Å²) >= 11 is 0. The van der Waals surface area contributed by atoms with Crippen LogP contribution in [0.1, 0.15) is 23.7 Å². The summed E-state index contributed by atoms with van der Waals surface area (Å²) in [6, 6.07) is 11.4. The first-order chi connectivity index (χ1) is 14.8. The number of hydrogen-bond acceptors (Lipinski definition) is 6. The molecule has 1 fully saturated rings. The zero-order valence-corrected chi connectivity index (χ0v) is 17.8. The highest BCUT2D eigenvalue weighted by molar-refractivity contribution is 7.90. The fourth-order valence-electron chi connectivity index (χ4n) is 3.68. The van der Waals surface area contributed by atoms with E-state index in [1.165, 1.54) is 18.2 Å². The van der Waals surface area contributed by atoms with Gasteiger partial charge in [-0.05, 0) is 36.2 Å². The van der Waals surface area contributed by atoms with Gasteiger partial charge in [0.2, 0.25) is 5.91 Å². The zero-order valence-electron chi connectivity index (χ0n) is 17.0. The summed E-state index contributed by atoms with van der Waals surface area (Å²) < 4.78 is 23.2. The standard InChI is InChI=1S/C22H22N4O4S/c1-31(29,30)18-6-4-15(5-7-18)11-21(28)26-10-8-17(14-26)22-24-19(12-20(27)25-22)16-3-2-9-23-13-16/h2-7,9,12-13,17H,8,10-11,14H2,1H3,(H,24,25,27)/t17-/m0/s1. The predicted molar refractivity (Wildman–Crippen MR) is 115 cm³/mol. The number of aromatic nitrogens is 3. The van der Waals surface area contributed by atoms with E-state index in [2.05, 4.69) is 15.0 Å². The van der Waals surface area contributed by atoms with Crippen LogP contribution in [0.5, 0.6) is 0 Å². The van der Waals surface area contributed by atoms with Gasteiger partial charge in [-0.3, -0.25) is 14.6 Å². The number of pyridine rings is 1. The van der Waals surface area contributed by atoms with Crippen LogP contribution in [0.25, 0.3) is 11.3 Å². The van der Waals surface area contributed by atoms with Gasteiger partial charge in [0, 0.05) is 49.3 Å². The van der Waals surface area contributed by atoms with Crippen LogP contribution < -0.4 is 5.56 Å². The molecule has 4 rings (SSSR count). The first-order valence-electron chi connectivity index (χ1n) is 9.88. The molecule has 1 aliphatic heterocycles. The monoisotopic (exact) mass is 438 g/mol. The summed E-state index contributed by atoms with van der Waals surface area (Å²) in [5.74, 6) is 0.473. The summed E-state index contributed by atoms with van der Waals surface area (Å²) in [5, 5.41) is 0. The minimum absolute atomic E-state index is 0.0413. The SMILES string of the molecule is CS(=O)(=O)c1ccc(CC(=O)N2CC[C@H](c3nc(-c4cccnc4)cc(=O)[nH]3)C2)cc1. The minimum Gasteiger partial charge on any atom is -0.342 e. The second kappa shape index (κ2) is 8.43. The van der Waals surface area contributed by atoms with Crippen molar-refractivity contribution in [1.29, 1.82) is 0 Å². The number of nitrogens with zero attached hydrogens (tertiary/aromatic N) is 3. The highest BCUT2D eigenvalue weighted by Crippen LogP contribution is 2.26. The average Bonchev–Trinajstić information content (AvgIpc) is 3.24. The molecule has 1 atom stereocenters. The van der Waals surface area contributed by atoms with Crippen molar-refractivity contribution in [2.24, 2.45) is 0 Å². The molecule has 3 aromatic rings. The van der Waals surface area contributed by atoms with Gasteiger partial charge < -0.3 is 9.88 Å². The first-order valence-corrected chi connectivity index (χ1v) is 11.8. The zero-order chi connectivity index (χ0) is 22.0. The third-order valence-corrected chi connectivity index (χ3v) is 6.48. The van der Waals surface area contributed by atoms with Gasteiger partial charge in [-0.2, -0.15) is 0 Å². The van der Waals surface area contributed by atoms with Crippen LogP contribution in [0.15, 0.2) is 64.5 Å². The average molecular weight is 439 g/mol. The number of carbonyl (C=O) groups is 1. The molecule has 0 spiro atoms. The lowest BCUT2D eigenvalue weighted by atomic mass is 10.1. The van der Waals surface area contributed by atoms with Gasteiger partial charge in [0.05, 0.1) is 17.0 Å². The fraction of sp³-hybridized carbons (Fsp3) is 0.273. The van der Waals surface area contributed by atoms with Crippen LogP contribution in [-0.4, -0.2) is 53.5 Å². The number of nitrogens with one attached hydrogen (secondary N) is 1. The van der Waals surface area contributed by atoms with Gasteiger partial charge in [0.1, 0.15) is 5.82 Å². The van der Waals surface area contributed by atoms with Crippen LogP contribution in [0.3, 0.4) is 0 Å². The van der Waals surface area contributed by atoms with Crippen molar-refractivity contribution in [2.45, 2.75) is 23.7 Å². The minimum atomic E-state index is -3.26. The molecule has 1 aliphatic rings. The number of hydrogen-bond donors (Lipinski definition) is 1. The molecule has 1 saturated heterocycles. The molecule has 1 aromatic carbocycles. The maximum atomic E-state index is 12.7. The molecule has 31 heavy (non-hydrogen) atoms. The molecule has 0 radical (unpaired) electrons. The van der Waals surface area contributed by atoms with E-state index < -0.39 is 9.84 Å². The van der Waals surface area contributed by atoms with Crippen LogP contribution in [0, 0.1) is 0 Å². The van der Waals surface area contributed by atoms with Gasteiger partial charge in [-0.25, -0.2) is 13.4 Å². The molecule has 0 saturated carbocycles. The second-order valence-corrected chi connectivity index (χ2v) is 9.69. The highest BCUT2D eigenvalue weighted by Gasteiger charge is 2.29. The lowest BCUT2D eigenvalue weighted by Crippen LogP contribution is -2.30. The summed E-state index contributed by atoms with van der Waals surface area (Å²) in [7, 11) is -3.26. The molecular weight excluding hydrogens is 416 g/mol. The van der Waals surface area contributed by atoms with Crippen molar-refractivity contribution in [1.82, 2.24) is 19.9 Å². The van der Waals surface area contributed by atoms with Gasteiger partial charge >= 0.3 is 0 Å². The molecule has 160 valence electrons. The Balaban J connectivity index is 1.45. The molecule has 0 unspecified atom stereocenters. The van der Waals surface area contributed by atoms with E-state index in [1.54, 1.807) is 35.5 Å². The topological polar surface area (TPSA) is 113 Å². The quantitative estimate of drug-likeness (QED) is 0.650. The number of likely N-dealkylation sites (tertiary alicyclic amines) is 1. The normalized spacial score (nSPS) is 16.4. The number of benzene rings is 1. The molecule has 0 aliphatic carbocycles. The number of rotatable bonds is 5. The van der Waals surface area contributed by atoms with E-state index in [-0.39, 0.29) is 28.7 Å². The number of aromatic amines is 1. The van der Waals surface area contributed by atoms with Crippen LogP contribution in [-0.2, 0) is 21.1 Å². The Kier molecular flexibility index (Phi) is 5.69. The third kappa shape index (κ3) is 4.88. The van der Waals surface area contributed by atoms with Crippen molar-refractivity contribution in [2.75, 3.05) is 19.3 Å². The van der Waals surface area contributed by atoms with E-state index in [9.17, 15) is 18.0 Å². The molecule has 1 amide bonds.